The number of carbonyl (C=O) groups excluding carboxylic acids is 1. The minimum absolute atomic E-state index is 0.0941. The smallest absolute Gasteiger partial charge is 0.317 e. The van der Waals surface area contributed by atoms with Crippen LogP contribution in [0.4, 0.5) is 5.69 Å². The molecular formula is C16H24N2O3. The maximum atomic E-state index is 11.9. The fourth-order valence-electron chi connectivity index (χ4n) is 2.17. The lowest BCUT2D eigenvalue weighted by Gasteiger charge is -2.18. The Bertz CT molecular complexity index is 457. The van der Waals surface area contributed by atoms with Gasteiger partial charge in [-0.15, -0.1) is 0 Å². The summed E-state index contributed by atoms with van der Waals surface area (Å²) in [7, 11) is 0. The number of aryl methyl sites for hydroxylation is 1. The second-order valence-corrected chi connectivity index (χ2v) is 5.10. The van der Waals surface area contributed by atoms with Crippen LogP contribution in [0, 0.1) is 0 Å². The fourth-order valence-corrected chi connectivity index (χ4v) is 2.17. The minimum atomic E-state index is -0.917. The predicted octanol–water partition coefficient (Wildman–Crippen LogP) is 2.37. The maximum absolute atomic E-state index is 11.9. The number of rotatable bonds is 9. The standard InChI is InChI=1S/C16H24N2O3/c1-3-5-13-6-8-14(9-7-13)17-15(19)11-18(10-4-2)12-16(20)21/h6-9H,3-5,10-12H2,1-2H3,(H,17,19)(H,20,21). The van der Waals surface area contributed by atoms with Gasteiger partial charge in [0.05, 0.1) is 13.1 Å². The number of hydrogen-bond donors (Lipinski definition) is 2. The van der Waals surface area contributed by atoms with Gasteiger partial charge in [0.2, 0.25) is 5.91 Å². The van der Waals surface area contributed by atoms with Crippen molar-refractivity contribution in [1.82, 2.24) is 4.90 Å². The molecule has 0 saturated carbocycles. The molecule has 1 amide bonds. The lowest BCUT2D eigenvalue weighted by molar-refractivity contribution is -0.138. The molecule has 0 saturated heterocycles. The summed E-state index contributed by atoms with van der Waals surface area (Å²) in [5.74, 6) is -1.10. The van der Waals surface area contributed by atoms with Crippen molar-refractivity contribution in [2.45, 2.75) is 33.1 Å². The summed E-state index contributed by atoms with van der Waals surface area (Å²) in [6.07, 6.45) is 2.93. The van der Waals surface area contributed by atoms with Crippen molar-refractivity contribution in [2.75, 3.05) is 25.0 Å². The van der Waals surface area contributed by atoms with E-state index in [1.54, 1.807) is 4.90 Å². The molecule has 0 heterocycles. The number of anilines is 1. The Balaban J connectivity index is 2.52. The van der Waals surface area contributed by atoms with Gasteiger partial charge in [-0.2, -0.15) is 0 Å². The molecule has 0 aliphatic carbocycles. The predicted molar refractivity (Wildman–Crippen MR) is 83.4 cm³/mol. The molecule has 0 spiro atoms. The SMILES string of the molecule is CCCc1ccc(NC(=O)CN(CCC)CC(=O)O)cc1. The molecule has 116 valence electrons. The van der Waals surface area contributed by atoms with Crippen LogP contribution < -0.4 is 5.32 Å². The molecule has 1 rings (SSSR count). The highest BCUT2D eigenvalue weighted by Gasteiger charge is 2.13. The third kappa shape index (κ3) is 6.90. The van der Waals surface area contributed by atoms with Gasteiger partial charge >= 0.3 is 5.97 Å². The fraction of sp³-hybridized carbons (Fsp3) is 0.500. The van der Waals surface area contributed by atoms with Crippen LogP contribution in [-0.2, 0) is 16.0 Å². The quantitative estimate of drug-likeness (QED) is 0.733. The molecule has 1 aromatic carbocycles. The van der Waals surface area contributed by atoms with E-state index in [0.29, 0.717) is 6.54 Å². The summed E-state index contributed by atoms with van der Waals surface area (Å²) in [6.45, 7) is 4.66. The van der Waals surface area contributed by atoms with E-state index in [-0.39, 0.29) is 19.0 Å². The molecule has 0 unspecified atom stereocenters. The molecule has 5 heteroatoms. The molecule has 21 heavy (non-hydrogen) atoms. The van der Waals surface area contributed by atoms with Gasteiger partial charge in [0, 0.05) is 5.69 Å². The number of carboxylic acid groups (broad SMARTS) is 1. The van der Waals surface area contributed by atoms with E-state index in [1.165, 1.54) is 5.56 Å². The van der Waals surface area contributed by atoms with Crippen molar-refractivity contribution in [3.05, 3.63) is 29.8 Å². The zero-order chi connectivity index (χ0) is 15.7. The molecule has 0 aliphatic heterocycles. The van der Waals surface area contributed by atoms with E-state index in [4.69, 9.17) is 5.11 Å². The van der Waals surface area contributed by atoms with Crippen LogP contribution in [-0.4, -0.2) is 41.5 Å². The number of amides is 1. The van der Waals surface area contributed by atoms with Crippen molar-refractivity contribution in [2.24, 2.45) is 0 Å². The number of nitrogens with one attached hydrogen (secondary N) is 1. The first-order valence-corrected chi connectivity index (χ1v) is 7.38. The van der Waals surface area contributed by atoms with Crippen molar-refractivity contribution >= 4 is 17.6 Å². The summed E-state index contributed by atoms with van der Waals surface area (Å²) < 4.78 is 0. The molecule has 1 aromatic rings. The average Bonchev–Trinajstić information content (AvgIpc) is 2.40. The normalized spacial score (nSPS) is 10.6. The molecule has 2 N–H and O–H groups in total. The highest BCUT2D eigenvalue weighted by atomic mass is 16.4. The number of aliphatic carboxylic acids is 1. The van der Waals surface area contributed by atoms with Gasteiger partial charge in [-0.05, 0) is 37.1 Å². The van der Waals surface area contributed by atoms with E-state index in [2.05, 4.69) is 12.2 Å². The third-order valence-corrected chi connectivity index (χ3v) is 3.04. The largest absolute Gasteiger partial charge is 0.480 e. The average molecular weight is 292 g/mol. The number of carboxylic acids is 1. The summed E-state index contributed by atoms with van der Waals surface area (Å²) >= 11 is 0. The Hall–Kier alpha value is -1.88. The van der Waals surface area contributed by atoms with Gasteiger partial charge in [0.15, 0.2) is 0 Å². The number of hydrogen-bond acceptors (Lipinski definition) is 3. The van der Waals surface area contributed by atoms with Crippen LogP contribution in [0.25, 0.3) is 0 Å². The van der Waals surface area contributed by atoms with Crippen LogP contribution >= 0.6 is 0 Å². The molecule has 0 aliphatic rings. The molecule has 0 bridgehead atoms. The Labute approximate surface area is 126 Å². The van der Waals surface area contributed by atoms with Gasteiger partial charge in [-0.3, -0.25) is 14.5 Å². The van der Waals surface area contributed by atoms with Gasteiger partial charge in [0.1, 0.15) is 0 Å². The summed E-state index contributed by atoms with van der Waals surface area (Å²) in [5.41, 5.74) is 1.99. The van der Waals surface area contributed by atoms with Crippen molar-refractivity contribution in [3.63, 3.8) is 0 Å². The van der Waals surface area contributed by atoms with E-state index < -0.39 is 5.97 Å². The van der Waals surface area contributed by atoms with E-state index in [1.807, 2.05) is 31.2 Å². The monoisotopic (exact) mass is 292 g/mol. The van der Waals surface area contributed by atoms with Crippen LogP contribution in [0.15, 0.2) is 24.3 Å². The van der Waals surface area contributed by atoms with Crippen LogP contribution in [0.5, 0.6) is 0 Å². The van der Waals surface area contributed by atoms with Crippen LogP contribution in [0.2, 0.25) is 0 Å². The van der Waals surface area contributed by atoms with Crippen molar-refractivity contribution in [1.29, 1.82) is 0 Å². The van der Waals surface area contributed by atoms with Gasteiger partial charge in [-0.1, -0.05) is 32.4 Å². The Morgan fingerprint density at radius 2 is 1.76 bits per heavy atom. The first kappa shape index (κ1) is 17.2. The molecule has 0 fully saturated rings. The summed E-state index contributed by atoms with van der Waals surface area (Å²) in [4.78, 5) is 24.3. The van der Waals surface area contributed by atoms with E-state index >= 15 is 0 Å². The topological polar surface area (TPSA) is 69.6 Å². The zero-order valence-corrected chi connectivity index (χ0v) is 12.8. The van der Waals surface area contributed by atoms with Crippen molar-refractivity contribution < 1.29 is 14.7 Å². The highest BCUT2D eigenvalue weighted by molar-refractivity contribution is 5.92. The van der Waals surface area contributed by atoms with E-state index in [9.17, 15) is 9.59 Å². The lowest BCUT2D eigenvalue weighted by Crippen LogP contribution is -2.37. The molecule has 0 atom stereocenters. The number of nitrogens with zero attached hydrogens (tertiary/aromatic N) is 1. The maximum Gasteiger partial charge on any atom is 0.317 e. The lowest BCUT2D eigenvalue weighted by atomic mass is 10.1. The Morgan fingerprint density at radius 3 is 2.29 bits per heavy atom. The van der Waals surface area contributed by atoms with Gasteiger partial charge in [0.25, 0.3) is 0 Å². The number of benzene rings is 1. The van der Waals surface area contributed by atoms with E-state index in [0.717, 1.165) is 24.9 Å². The van der Waals surface area contributed by atoms with Crippen LogP contribution in [0.3, 0.4) is 0 Å². The first-order valence-electron chi connectivity index (χ1n) is 7.38. The number of carbonyl (C=O) groups is 2. The molecule has 5 nitrogen and oxygen atoms in total. The minimum Gasteiger partial charge on any atom is -0.480 e. The summed E-state index contributed by atoms with van der Waals surface area (Å²) in [5, 5.41) is 11.6. The van der Waals surface area contributed by atoms with Crippen molar-refractivity contribution in [3.8, 4) is 0 Å². The van der Waals surface area contributed by atoms with Crippen LogP contribution in [0.1, 0.15) is 32.3 Å². The first-order chi connectivity index (χ1) is 10.0. The third-order valence-electron chi connectivity index (χ3n) is 3.04. The summed E-state index contributed by atoms with van der Waals surface area (Å²) in [6, 6.07) is 7.76. The molecule has 0 radical (unpaired) electrons. The highest BCUT2D eigenvalue weighted by Crippen LogP contribution is 2.11. The Kier molecular flexibility index (Phi) is 7.46. The van der Waals surface area contributed by atoms with Gasteiger partial charge in [-0.25, -0.2) is 0 Å². The zero-order valence-electron chi connectivity index (χ0n) is 12.8. The Morgan fingerprint density at radius 1 is 1.10 bits per heavy atom. The second-order valence-electron chi connectivity index (χ2n) is 5.10. The second kappa shape index (κ2) is 9.13. The molecule has 0 aromatic heterocycles. The molecular weight excluding hydrogens is 268 g/mol. The van der Waals surface area contributed by atoms with Gasteiger partial charge < -0.3 is 10.4 Å².